The zero-order valence-electron chi connectivity index (χ0n) is 8.98. The van der Waals surface area contributed by atoms with Crippen LogP contribution in [-0.4, -0.2) is 15.0 Å². The summed E-state index contributed by atoms with van der Waals surface area (Å²) in [6.45, 7) is 0. The zero-order valence-corrected chi connectivity index (χ0v) is 10.6. The molecule has 17 heavy (non-hydrogen) atoms. The maximum atomic E-state index is 11.8. The number of H-pyrrole nitrogens is 1. The largest absolute Gasteiger partial charge is 0.304 e. The van der Waals surface area contributed by atoms with Crippen molar-refractivity contribution >= 4 is 15.9 Å². The van der Waals surface area contributed by atoms with Crippen LogP contribution in [0.3, 0.4) is 0 Å². The minimum Gasteiger partial charge on any atom is -0.304 e. The van der Waals surface area contributed by atoms with E-state index in [4.69, 9.17) is 0 Å². The number of pyridine rings is 1. The summed E-state index contributed by atoms with van der Waals surface area (Å²) >= 11 is 3.30. The van der Waals surface area contributed by atoms with Crippen LogP contribution in [0.5, 0.6) is 0 Å². The van der Waals surface area contributed by atoms with Crippen molar-refractivity contribution in [2.24, 2.45) is 0 Å². The van der Waals surface area contributed by atoms with Gasteiger partial charge in [-0.15, -0.1) is 0 Å². The number of aromatic amines is 1. The van der Waals surface area contributed by atoms with Crippen molar-refractivity contribution in [1.29, 1.82) is 0 Å². The van der Waals surface area contributed by atoms with Gasteiger partial charge in [-0.05, 0) is 40.9 Å². The fraction of sp³-hybridized carbons (Fsp3) is 0.250. The Bertz CT molecular complexity index is 605. The lowest BCUT2D eigenvalue weighted by Crippen LogP contribution is -2.13. The van der Waals surface area contributed by atoms with E-state index in [2.05, 4.69) is 30.9 Å². The topological polar surface area (TPSA) is 58.6 Å². The molecule has 0 radical (unpaired) electrons. The van der Waals surface area contributed by atoms with Crippen LogP contribution in [0.2, 0.25) is 0 Å². The van der Waals surface area contributed by atoms with Crippen molar-refractivity contribution in [3.63, 3.8) is 0 Å². The first-order valence-electron chi connectivity index (χ1n) is 5.47. The Morgan fingerprint density at radius 3 is 2.82 bits per heavy atom. The van der Waals surface area contributed by atoms with Gasteiger partial charge in [0.05, 0.1) is 5.69 Å². The summed E-state index contributed by atoms with van der Waals surface area (Å²) in [6, 6.07) is 5.55. The first-order valence-corrected chi connectivity index (χ1v) is 6.26. The fourth-order valence-electron chi connectivity index (χ4n) is 1.73. The molecule has 0 bridgehead atoms. The second kappa shape index (κ2) is 4.07. The lowest BCUT2D eigenvalue weighted by Gasteiger charge is -2.04. The summed E-state index contributed by atoms with van der Waals surface area (Å²) < 4.78 is 0.555. The van der Waals surface area contributed by atoms with E-state index in [0.717, 1.165) is 18.5 Å². The number of hydrogen-bond acceptors (Lipinski definition) is 3. The monoisotopic (exact) mass is 291 g/mol. The van der Waals surface area contributed by atoms with Gasteiger partial charge in [-0.25, -0.2) is 4.98 Å². The average molecular weight is 292 g/mol. The van der Waals surface area contributed by atoms with Crippen LogP contribution in [0.4, 0.5) is 0 Å². The molecule has 0 amide bonds. The van der Waals surface area contributed by atoms with Crippen LogP contribution in [0, 0.1) is 0 Å². The molecule has 4 nitrogen and oxygen atoms in total. The third kappa shape index (κ3) is 2.02. The van der Waals surface area contributed by atoms with Gasteiger partial charge in [0.25, 0.3) is 5.56 Å². The van der Waals surface area contributed by atoms with Gasteiger partial charge >= 0.3 is 0 Å². The third-order valence-electron chi connectivity index (χ3n) is 2.76. The van der Waals surface area contributed by atoms with Crippen molar-refractivity contribution in [3.05, 3.63) is 44.9 Å². The predicted octanol–water partition coefficient (Wildman–Crippen LogP) is 2.47. The number of rotatable bonds is 2. The van der Waals surface area contributed by atoms with Gasteiger partial charge in [-0.1, -0.05) is 6.07 Å². The molecule has 2 heterocycles. The smallest absolute Gasteiger partial charge is 0.265 e. The van der Waals surface area contributed by atoms with E-state index in [1.165, 1.54) is 0 Å². The Morgan fingerprint density at radius 1 is 1.35 bits per heavy atom. The van der Waals surface area contributed by atoms with Gasteiger partial charge in [0.1, 0.15) is 10.2 Å². The van der Waals surface area contributed by atoms with Crippen LogP contribution in [-0.2, 0) is 0 Å². The molecule has 1 aliphatic carbocycles. The van der Waals surface area contributed by atoms with Crippen molar-refractivity contribution < 1.29 is 0 Å². The molecular formula is C12H10BrN3O. The van der Waals surface area contributed by atoms with Gasteiger partial charge < -0.3 is 4.98 Å². The van der Waals surface area contributed by atoms with Crippen LogP contribution in [0.1, 0.15) is 24.5 Å². The van der Waals surface area contributed by atoms with E-state index >= 15 is 0 Å². The highest BCUT2D eigenvalue weighted by molar-refractivity contribution is 9.10. The fourth-order valence-corrected chi connectivity index (χ4v) is 2.24. The van der Waals surface area contributed by atoms with Crippen molar-refractivity contribution in [2.45, 2.75) is 18.8 Å². The molecule has 1 fully saturated rings. The van der Waals surface area contributed by atoms with Gasteiger partial charge in [0.2, 0.25) is 0 Å². The first-order chi connectivity index (χ1) is 8.25. The second-order valence-electron chi connectivity index (χ2n) is 4.10. The molecule has 0 spiro atoms. The molecule has 1 aliphatic rings. The Kier molecular flexibility index (Phi) is 2.55. The Hall–Kier alpha value is -1.49. The van der Waals surface area contributed by atoms with E-state index in [1.807, 2.05) is 18.2 Å². The van der Waals surface area contributed by atoms with Crippen LogP contribution in [0.15, 0.2) is 33.7 Å². The molecule has 86 valence electrons. The molecule has 5 heteroatoms. The summed E-state index contributed by atoms with van der Waals surface area (Å²) in [7, 11) is 0. The predicted molar refractivity (Wildman–Crippen MR) is 67.8 cm³/mol. The van der Waals surface area contributed by atoms with Crippen LogP contribution < -0.4 is 5.56 Å². The van der Waals surface area contributed by atoms with E-state index in [1.54, 1.807) is 6.20 Å². The summed E-state index contributed by atoms with van der Waals surface area (Å²) in [6.07, 6.45) is 3.90. The zero-order chi connectivity index (χ0) is 11.8. The first kappa shape index (κ1) is 10.7. The molecule has 2 aromatic rings. The summed E-state index contributed by atoms with van der Waals surface area (Å²) in [5.41, 5.74) is 1.41. The summed E-state index contributed by atoms with van der Waals surface area (Å²) in [5, 5.41) is 0. The number of halogens is 1. The standard InChI is InChI=1S/C12H10BrN3O/c13-9-10(7-4-5-7)15-11(16-12(9)17)8-3-1-2-6-14-8/h1-3,6-7H,4-5H2,(H,15,16,17). The van der Waals surface area contributed by atoms with Crippen molar-refractivity contribution in [1.82, 2.24) is 15.0 Å². The number of nitrogens with one attached hydrogen (secondary N) is 1. The summed E-state index contributed by atoms with van der Waals surface area (Å²) in [4.78, 5) is 23.2. The highest BCUT2D eigenvalue weighted by Gasteiger charge is 2.29. The maximum absolute atomic E-state index is 11.8. The molecule has 0 saturated heterocycles. The molecule has 0 atom stereocenters. The number of aromatic nitrogens is 3. The summed E-state index contributed by atoms with van der Waals surface area (Å²) in [5.74, 6) is 0.967. The molecule has 0 unspecified atom stereocenters. The maximum Gasteiger partial charge on any atom is 0.265 e. The molecular weight excluding hydrogens is 282 g/mol. The van der Waals surface area contributed by atoms with Gasteiger partial charge in [-0.3, -0.25) is 9.78 Å². The Balaban J connectivity index is 2.15. The lowest BCUT2D eigenvalue weighted by atomic mass is 10.2. The normalized spacial score (nSPS) is 14.9. The SMILES string of the molecule is O=c1[nH]c(-c2ccccn2)nc(C2CC2)c1Br. The van der Waals surface area contributed by atoms with E-state index in [-0.39, 0.29) is 5.56 Å². The van der Waals surface area contributed by atoms with Crippen molar-refractivity contribution in [3.8, 4) is 11.5 Å². The minimum atomic E-state index is -0.137. The average Bonchev–Trinajstić information content (AvgIpc) is 3.18. The molecule has 0 aliphatic heterocycles. The second-order valence-corrected chi connectivity index (χ2v) is 4.90. The minimum absolute atomic E-state index is 0.137. The lowest BCUT2D eigenvalue weighted by molar-refractivity contribution is 0.954. The van der Waals surface area contributed by atoms with E-state index in [0.29, 0.717) is 21.9 Å². The Morgan fingerprint density at radius 2 is 2.18 bits per heavy atom. The van der Waals surface area contributed by atoms with Gasteiger partial charge in [0.15, 0.2) is 5.82 Å². The van der Waals surface area contributed by atoms with Crippen LogP contribution >= 0.6 is 15.9 Å². The highest BCUT2D eigenvalue weighted by Crippen LogP contribution is 2.41. The van der Waals surface area contributed by atoms with Gasteiger partial charge in [0, 0.05) is 12.1 Å². The molecule has 0 aromatic carbocycles. The molecule has 3 rings (SSSR count). The number of nitrogens with zero attached hydrogens (tertiary/aromatic N) is 2. The number of hydrogen-bond donors (Lipinski definition) is 1. The van der Waals surface area contributed by atoms with Crippen LogP contribution in [0.25, 0.3) is 11.5 Å². The quantitative estimate of drug-likeness (QED) is 0.925. The van der Waals surface area contributed by atoms with Crippen molar-refractivity contribution in [2.75, 3.05) is 0 Å². The molecule has 1 N–H and O–H groups in total. The van der Waals surface area contributed by atoms with E-state index in [9.17, 15) is 4.79 Å². The van der Waals surface area contributed by atoms with E-state index < -0.39 is 0 Å². The molecule has 1 saturated carbocycles. The highest BCUT2D eigenvalue weighted by atomic mass is 79.9. The molecule has 2 aromatic heterocycles. The third-order valence-corrected chi connectivity index (χ3v) is 3.53. The van der Waals surface area contributed by atoms with Gasteiger partial charge in [-0.2, -0.15) is 0 Å². The Labute approximate surface area is 106 Å².